The fourth-order valence-corrected chi connectivity index (χ4v) is 1.69. The van der Waals surface area contributed by atoms with E-state index in [9.17, 15) is 9.59 Å². The third-order valence-corrected chi connectivity index (χ3v) is 2.73. The molecule has 2 amide bonds. The molecule has 1 heterocycles. The Labute approximate surface area is 108 Å². The topological polar surface area (TPSA) is 70.6 Å². The normalized spacial score (nSPS) is 16.1. The molecule has 5 nitrogen and oxygen atoms in total. The number of aliphatic imine (C=N–C) groups is 1. The van der Waals surface area contributed by atoms with Gasteiger partial charge in [-0.25, -0.2) is 4.99 Å². The monoisotopic (exact) mass is 251 g/mol. The molecule has 2 N–H and O–H groups in total. The van der Waals surface area contributed by atoms with Crippen molar-refractivity contribution in [3.63, 3.8) is 0 Å². The van der Waals surface area contributed by atoms with Crippen molar-refractivity contribution < 1.29 is 9.59 Å². The first-order valence-corrected chi connectivity index (χ1v) is 6.57. The van der Waals surface area contributed by atoms with Crippen LogP contribution >= 0.6 is 0 Å². The minimum absolute atomic E-state index is 0.162. The van der Waals surface area contributed by atoms with Gasteiger partial charge in [0.25, 0.3) is 5.91 Å². The second-order valence-corrected chi connectivity index (χ2v) is 4.32. The summed E-state index contributed by atoms with van der Waals surface area (Å²) >= 11 is 0. The molecule has 18 heavy (non-hydrogen) atoms. The maximum Gasteiger partial charge on any atom is 0.275 e. The molecule has 1 aliphatic heterocycles. The maximum absolute atomic E-state index is 11.4. The summed E-state index contributed by atoms with van der Waals surface area (Å²) in [7, 11) is 0. The molecule has 0 aromatic carbocycles. The van der Waals surface area contributed by atoms with Gasteiger partial charge in [-0.05, 0) is 6.42 Å². The van der Waals surface area contributed by atoms with Crippen molar-refractivity contribution in [1.82, 2.24) is 10.6 Å². The number of carbonyl (C=O) groups excluding carboxylic acids is 2. The Kier molecular flexibility index (Phi) is 6.76. The minimum atomic E-state index is -0.329. The molecule has 0 saturated heterocycles. The van der Waals surface area contributed by atoms with Gasteiger partial charge in [-0.1, -0.05) is 39.0 Å². The first-order valence-electron chi connectivity index (χ1n) is 6.57. The molecule has 0 aliphatic carbocycles. The number of amides is 2. The van der Waals surface area contributed by atoms with Crippen LogP contribution in [-0.2, 0) is 9.59 Å². The first-order chi connectivity index (χ1) is 8.74. The molecule has 0 bridgehead atoms. The predicted molar refractivity (Wildman–Crippen MR) is 71.1 cm³/mol. The van der Waals surface area contributed by atoms with E-state index >= 15 is 0 Å². The third kappa shape index (κ3) is 5.61. The Morgan fingerprint density at radius 3 is 2.72 bits per heavy atom. The lowest BCUT2D eigenvalue weighted by Crippen LogP contribution is -2.24. The quantitative estimate of drug-likeness (QED) is 0.507. The van der Waals surface area contributed by atoms with Crippen LogP contribution in [0.15, 0.2) is 16.8 Å². The summed E-state index contributed by atoms with van der Waals surface area (Å²) in [5.41, 5.74) is 0.162. The zero-order valence-electron chi connectivity index (χ0n) is 10.9. The van der Waals surface area contributed by atoms with Crippen LogP contribution in [0.5, 0.6) is 0 Å². The second kappa shape index (κ2) is 8.44. The van der Waals surface area contributed by atoms with Crippen LogP contribution in [0, 0.1) is 0 Å². The molecule has 1 aliphatic rings. The Morgan fingerprint density at radius 1 is 1.33 bits per heavy atom. The van der Waals surface area contributed by atoms with Gasteiger partial charge >= 0.3 is 0 Å². The molecule has 0 saturated carbocycles. The van der Waals surface area contributed by atoms with Crippen molar-refractivity contribution in [2.45, 2.75) is 45.4 Å². The summed E-state index contributed by atoms with van der Waals surface area (Å²) in [4.78, 5) is 26.3. The zero-order valence-corrected chi connectivity index (χ0v) is 10.9. The van der Waals surface area contributed by atoms with E-state index in [1.807, 2.05) is 0 Å². The number of hydrogen-bond donors (Lipinski definition) is 2. The largest absolute Gasteiger partial charge is 0.352 e. The van der Waals surface area contributed by atoms with Crippen LogP contribution in [0.4, 0.5) is 0 Å². The Balaban J connectivity index is 2.07. The van der Waals surface area contributed by atoms with E-state index < -0.39 is 0 Å². The molecular weight excluding hydrogens is 230 g/mol. The lowest BCUT2D eigenvalue weighted by atomic mass is 10.1. The van der Waals surface area contributed by atoms with Crippen molar-refractivity contribution in [1.29, 1.82) is 0 Å². The maximum atomic E-state index is 11.4. The number of nitrogens with one attached hydrogen (secondary N) is 2. The Bertz CT molecular complexity index is 348. The van der Waals surface area contributed by atoms with Crippen LogP contribution in [0.1, 0.15) is 45.4 Å². The average Bonchev–Trinajstić information content (AvgIpc) is 2.74. The van der Waals surface area contributed by atoms with E-state index in [1.165, 1.54) is 38.1 Å². The van der Waals surface area contributed by atoms with E-state index in [2.05, 4.69) is 22.5 Å². The number of nitrogens with zero attached hydrogens (tertiary/aromatic N) is 1. The number of unbranched alkanes of at least 4 members (excludes halogenated alkanes) is 5. The predicted octanol–water partition coefficient (Wildman–Crippen LogP) is 1.51. The highest BCUT2D eigenvalue weighted by Crippen LogP contribution is 2.04. The average molecular weight is 251 g/mol. The van der Waals surface area contributed by atoms with E-state index in [0.29, 0.717) is 6.54 Å². The van der Waals surface area contributed by atoms with Crippen LogP contribution < -0.4 is 10.6 Å². The molecule has 0 aromatic heterocycles. The molecule has 100 valence electrons. The molecule has 0 atom stereocenters. The summed E-state index contributed by atoms with van der Waals surface area (Å²) in [5.74, 6) is -0.586. The van der Waals surface area contributed by atoms with Gasteiger partial charge in [0.2, 0.25) is 5.91 Å². The van der Waals surface area contributed by atoms with Gasteiger partial charge in [-0.2, -0.15) is 0 Å². The van der Waals surface area contributed by atoms with Gasteiger partial charge in [0.15, 0.2) is 0 Å². The van der Waals surface area contributed by atoms with Gasteiger partial charge < -0.3 is 10.6 Å². The van der Waals surface area contributed by atoms with Crippen LogP contribution in [0.3, 0.4) is 0 Å². The minimum Gasteiger partial charge on any atom is -0.352 e. The summed E-state index contributed by atoms with van der Waals surface area (Å²) in [6, 6.07) is 0. The van der Waals surface area contributed by atoms with Crippen molar-refractivity contribution in [2.75, 3.05) is 6.54 Å². The Hall–Kier alpha value is -1.65. The van der Waals surface area contributed by atoms with Crippen LogP contribution in [0.25, 0.3) is 0 Å². The Morgan fingerprint density at radius 2 is 2.06 bits per heavy atom. The SMILES string of the molecule is CCCCCCCCNC(=O)C=C1N=CNC1=O. The first kappa shape index (κ1) is 14.4. The molecule has 0 aromatic rings. The fourth-order valence-electron chi connectivity index (χ4n) is 1.69. The lowest BCUT2D eigenvalue weighted by Gasteiger charge is -2.02. The highest BCUT2D eigenvalue weighted by atomic mass is 16.2. The third-order valence-electron chi connectivity index (χ3n) is 2.73. The number of rotatable bonds is 8. The summed E-state index contributed by atoms with van der Waals surface area (Å²) in [6.45, 7) is 2.84. The second-order valence-electron chi connectivity index (χ2n) is 4.32. The lowest BCUT2D eigenvalue weighted by molar-refractivity contribution is -0.118. The van der Waals surface area contributed by atoms with E-state index in [0.717, 1.165) is 12.8 Å². The fraction of sp³-hybridized carbons (Fsp3) is 0.615. The van der Waals surface area contributed by atoms with Crippen LogP contribution in [0.2, 0.25) is 0 Å². The van der Waals surface area contributed by atoms with Crippen molar-refractivity contribution in [3.05, 3.63) is 11.8 Å². The van der Waals surface area contributed by atoms with E-state index in [-0.39, 0.29) is 17.5 Å². The summed E-state index contributed by atoms with van der Waals surface area (Å²) < 4.78 is 0. The van der Waals surface area contributed by atoms with Crippen LogP contribution in [-0.4, -0.2) is 24.7 Å². The van der Waals surface area contributed by atoms with Crippen molar-refractivity contribution >= 4 is 18.2 Å². The number of hydrogen-bond acceptors (Lipinski definition) is 3. The van der Waals surface area contributed by atoms with Gasteiger partial charge in [0.05, 0.1) is 6.34 Å². The van der Waals surface area contributed by atoms with Gasteiger partial charge in [0, 0.05) is 12.6 Å². The summed E-state index contributed by atoms with van der Waals surface area (Å²) in [5, 5.41) is 5.14. The number of carbonyl (C=O) groups is 2. The smallest absolute Gasteiger partial charge is 0.275 e. The van der Waals surface area contributed by atoms with E-state index in [1.54, 1.807) is 0 Å². The molecule has 0 spiro atoms. The molecule has 0 unspecified atom stereocenters. The molecule has 1 rings (SSSR count). The molecular formula is C13H21N3O2. The van der Waals surface area contributed by atoms with Crippen molar-refractivity contribution in [2.24, 2.45) is 4.99 Å². The van der Waals surface area contributed by atoms with E-state index in [4.69, 9.17) is 0 Å². The van der Waals surface area contributed by atoms with Gasteiger partial charge in [0.1, 0.15) is 5.70 Å². The van der Waals surface area contributed by atoms with Gasteiger partial charge in [-0.15, -0.1) is 0 Å². The molecule has 0 radical (unpaired) electrons. The zero-order chi connectivity index (χ0) is 13.2. The summed E-state index contributed by atoms with van der Waals surface area (Å²) in [6.07, 6.45) is 9.65. The highest BCUT2D eigenvalue weighted by molar-refractivity contribution is 6.08. The molecule has 5 heteroatoms. The van der Waals surface area contributed by atoms with Gasteiger partial charge in [-0.3, -0.25) is 9.59 Å². The highest BCUT2D eigenvalue weighted by Gasteiger charge is 2.13. The van der Waals surface area contributed by atoms with Crippen molar-refractivity contribution in [3.8, 4) is 0 Å². The molecule has 0 fully saturated rings. The standard InChI is InChI=1S/C13H21N3O2/c1-2-3-4-5-6-7-8-14-12(17)9-11-13(18)16-10-15-11/h9-10H,2-8H2,1H3,(H,14,17)(H,15,16,18).